The fraction of sp³-hybridized carbons (Fsp3) is 0. The van der Waals surface area contributed by atoms with Gasteiger partial charge in [0.2, 0.25) is 0 Å². The summed E-state index contributed by atoms with van der Waals surface area (Å²) in [5, 5.41) is 10.9. The summed E-state index contributed by atoms with van der Waals surface area (Å²) in [6.45, 7) is 13.9. The summed E-state index contributed by atoms with van der Waals surface area (Å²) in [6.07, 6.45) is 4.76. The number of carbonyl (C=O) groups is 4. The molecule has 0 heterocycles. The molecule has 0 aromatic heterocycles. The van der Waals surface area contributed by atoms with Crippen LogP contribution in [-0.2, 0) is 19.2 Å². The Balaban J connectivity index is 1.42. The Kier molecular flexibility index (Phi) is 15.0. The van der Waals surface area contributed by atoms with Crippen molar-refractivity contribution >= 4 is 95.5 Å². The summed E-state index contributed by atoms with van der Waals surface area (Å²) in [5.41, 5.74) is 2.33. The molecule has 282 valence electrons. The van der Waals surface area contributed by atoms with Gasteiger partial charge in [0.05, 0.1) is 0 Å². The maximum atomic E-state index is 11.8. The number of anilines is 4. The molecular formula is C42H36N4O8Sb2. The van der Waals surface area contributed by atoms with Crippen molar-refractivity contribution in [3.63, 3.8) is 0 Å². The summed E-state index contributed by atoms with van der Waals surface area (Å²) in [4.78, 5) is 47.1. The Morgan fingerprint density at radius 2 is 0.554 bits per heavy atom. The van der Waals surface area contributed by atoms with Crippen molar-refractivity contribution in [1.29, 1.82) is 0 Å². The van der Waals surface area contributed by atoms with E-state index in [2.05, 4.69) is 47.6 Å². The van der Waals surface area contributed by atoms with Gasteiger partial charge in [0.15, 0.2) is 0 Å². The Hall–Kier alpha value is -6.22. The van der Waals surface area contributed by atoms with Gasteiger partial charge in [0, 0.05) is 0 Å². The van der Waals surface area contributed by atoms with Crippen LogP contribution in [0.5, 0.6) is 23.0 Å². The minimum absolute atomic E-state index is 0.330. The third-order valence-electron chi connectivity index (χ3n) is 7.25. The van der Waals surface area contributed by atoms with Crippen molar-refractivity contribution < 1.29 is 31.2 Å². The summed E-state index contributed by atoms with van der Waals surface area (Å²) < 4.78 is 27.7. The molecule has 14 heteroatoms. The van der Waals surface area contributed by atoms with E-state index in [4.69, 9.17) is 12.1 Å². The van der Waals surface area contributed by atoms with Gasteiger partial charge >= 0.3 is 343 Å². The van der Waals surface area contributed by atoms with Crippen LogP contribution in [0.3, 0.4) is 0 Å². The average molecular weight is 968 g/mol. The molecule has 56 heavy (non-hydrogen) atoms. The van der Waals surface area contributed by atoms with E-state index in [1.165, 1.54) is 24.3 Å². The van der Waals surface area contributed by atoms with Crippen LogP contribution in [0, 0.1) is 0 Å². The quantitative estimate of drug-likeness (QED) is 0.0627. The number of benzene rings is 5. The van der Waals surface area contributed by atoms with Crippen LogP contribution in [-0.4, -0.2) is 65.7 Å². The molecule has 0 saturated heterocycles. The molecule has 0 atom stereocenters. The molecule has 5 aromatic carbocycles. The predicted molar refractivity (Wildman–Crippen MR) is 221 cm³/mol. The van der Waals surface area contributed by atoms with Gasteiger partial charge in [-0.3, -0.25) is 0 Å². The summed E-state index contributed by atoms with van der Waals surface area (Å²) >= 11 is -6.60. The molecule has 5 aromatic rings. The third-order valence-corrected chi connectivity index (χ3v) is 15.7. The van der Waals surface area contributed by atoms with Crippen LogP contribution in [0.1, 0.15) is 0 Å². The van der Waals surface area contributed by atoms with Gasteiger partial charge in [-0.15, -0.1) is 0 Å². The Morgan fingerprint density at radius 3 is 0.732 bits per heavy atom. The van der Waals surface area contributed by atoms with Crippen molar-refractivity contribution in [2.75, 3.05) is 21.3 Å². The standard InChI is InChI=1S/4C9H9NO2.C6H4.2Sb/c4*1-2-9(12)10-7-3-5-8(11)6-4-7;1-2-4-6-5-3-1;;/h4*2-6,11H,1H2,(H,10,12);1-2,5-6H;;/q;;;;;2*+2/p-4. The molecular weight excluding hydrogens is 932 g/mol. The number of hydrogen-bond acceptors (Lipinski definition) is 8. The predicted octanol–water partition coefficient (Wildman–Crippen LogP) is 5.89. The van der Waals surface area contributed by atoms with Crippen LogP contribution in [0.4, 0.5) is 22.7 Å². The number of hydrogen-bond donors (Lipinski definition) is 4. The first kappa shape index (κ1) is 41.0. The second-order valence-corrected chi connectivity index (χ2v) is 19.2. The molecule has 0 unspecified atom stereocenters. The van der Waals surface area contributed by atoms with Crippen LogP contribution in [0.15, 0.2) is 172 Å². The Labute approximate surface area is 340 Å². The van der Waals surface area contributed by atoms with E-state index in [1.54, 1.807) is 97.1 Å². The topological polar surface area (TPSA) is 153 Å². The molecule has 4 amide bonds. The Morgan fingerprint density at radius 1 is 0.357 bits per heavy atom. The van der Waals surface area contributed by atoms with Gasteiger partial charge in [-0.05, 0) is 0 Å². The number of rotatable bonds is 18. The zero-order chi connectivity index (χ0) is 39.9. The van der Waals surface area contributed by atoms with Gasteiger partial charge < -0.3 is 0 Å². The zero-order valence-electron chi connectivity index (χ0n) is 29.8. The van der Waals surface area contributed by atoms with E-state index in [1.807, 2.05) is 24.3 Å². The van der Waals surface area contributed by atoms with E-state index >= 15 is 0 Å². The van der Waals surface area contributed by atoms with Crippen LogP contribution >= 0.6 is 0 Å². The van der Waals surface area contributed by atoms with Crippen molar-refractivity contribution in [1.82, 2.24) is 0 Å². The first-order chi connectivity index (χ1) is 27.1. The normalized spacial score (nSPS) is 10.3. The maximum absolute atomic E-state index is 11.8. The molecule has 0 fully saturated rings. The molecule has 0 aliphatic carbocycles. The van der Waals surface area contributed by atoms with Crippen molar-refractivity contribution in [2.45, 2.75) is 0 Å². The van der Waals surface area contributed by atoms with E-state index in [-0.39, 0.29) is 23.6 Å². The van der Waals surface area contributed by atoms with Gasteiger partial charge in [0.1, 0.15) is 0 Å². The molecule has 12 nitrogen and oxygen atoms in total. The minimum atomic E-state index is -3.30. The first-order valence-electron chi connectivity index (χ1n) is 16.7. The SMILES string of the molecule is C=CC(=O)Nc1ccc([O][Sb]([O]c2ccc(NC(=O)C=C)cc2)[c]2cc[c]([Sb]([O]c3ccc(NC(=O)C=C)cc3)[O]c3ccc(NC(=O)C=C)cc3)cc2)cc1. The van der Waals surface area contributed by atoms with Gasteiger partial charge in [0.25, 0.3) is 0 Å². The second-order valence-electron chi connectivity index (χ2n) is 11.3. The van der Waals surface area contributed by atoms with Gasteiger partial charge in [-0.1, -0.05) is 0 Å². The summed E-state index contributed by atoms with van der Waals surface area (Å²) in [5.74, 6) is 0.870. The number of nitrogens with one attached hydrogen (secondary N) is 4. The monoisotopic (exact) mass is 966 g/mol. The van der Waals surface area contributed by atoms with E-state index in [0.717, 1.165) is 7.02 Å². The van der Waals surface area contributed by atoms with Crippen LogP contribution < -0.4 is 40.3 Å². The average Bonchev–Trinajstić information content (AvgIpc) is 3.22. The fourth-order valence-electron chi connectivity index (χ4n) is 4.50. The number of carbonyl (C=O) groups excluding carboxylic acids is 4. The molecule has 0 aliphatic rings. The van der Waals surface area contributed by atoms with Crippen LogP contribution in [0.25, 0.3) is 0 Å². The third kappa shape index (κ3) is 12.4. The van der Waals surface area contributed by atoms with E-state index < -0.39 is 42.1 Å². The Bertz CT molecular complexity index is 1900. The molecule has 0 saturated carbocycles. The van der Waals surface area contributed by atoms with E-state index in [9.17, 15) is 19.2 Å². The van der Waals surface area contributed by atoms with Crippen molar-refractivity contribution in [2.24, 2.45) is 0 Å². The molecule has 0 aliphatic heterocycles. The molecule has 4 N–H and O–H groups in total. The number of amides is 4. The van der Waals surface area contributed by atoms with Gasteiger partial charge in [-0.2, -0.15) is 0 Å². The second kappa shape index (κ2) is 20.5. The molecule has 5 rings (SSSR count). The summed E-state index contributed by atoms with van der Waals surface area (Å²) in [6, 6.07) is 35.5. The molecule has 0 radical (unpaired) electrons. The van der Waals surface area contributed by atoms with Crippen molar-refractivity contribution in [3.8, 4) is 23.0 Å². The van der Waals surface area contributed by atoms with E-state index in [0.29, 0.717) is 45.7 Å². The first-order valence-corrected chi connectivity index (χ1v) is 23.4. The molecule has 0 spiro atoms. The van der Waals surface area contributed by atoms with Gasteiger partial charge in [-0.25, -0.2) is 0 Å². The van der Waals surface area contributed by atoms with Crippen molar-refractivity contribution in [3.05, 3.63) is 172 Å². The fourth-order valence-corrected chi connectivity index (χ4v) is 11.7. The molecule has 0 bridgehead atoms. The zero-order valence-corrected chi connectivity index (χ0v) is 35.0. The summed E-state index contributed by atoms with van der Waals surface area (Å²) in [7, 11) is 0. The van der Waals surface area contributed by atoms with Crippen LogP contribution in [0.2, 0.25) is 0 Å².